The fourth-order valence-corrected chi connectivity index (χ4v) is 1.61. The van der Waals surface area contributed by atoms with Crippen molar-refractivity contribution in [3.63, 3.8) is 0 Å². The molecule has 0 unspecified atom stereocenters. The molecule has 2 N–H and O–H groups in total. The number of carbonyl (C=O) groups excluding carboxylic acids is 1. The van der Waals surface area contributed by atoms with Gasteiger partial charge in [-0.05, 0) is 37.0 Å². The fraction of sp³-hybridized carbons (Fsp3) is 0.500. The van der Waals surface area contributed by atoms with Gasteiger partial charge >= 0.3 is 0 Å². The number of phenols is 1. The average molecular weight is 235 g/mol. The van der Waals surface area contributed by atoms with Gasteiger partial charge in [-0.3, -0.25) is 4.79 Å². The molecular formula is C14H21NO2. The first-order chi connectivity index (χ1) is 8.22. The van der Waals surface area contributed by atoms with Gasteiger partial charge < -0.3 is 10.4 Å². The third-order valence-electron chi connectivity index (χ3n) is 2.66. The van der Waals surface area contributed by atoms with Crippen molar-refractivity contribution in [1.29, 1.82) is 0 Å². The summed E-state index contributed by atoms with van der Waals surface area (Å²) in [7, 11) is 0. The highest BCUT2D eigenvalue weighted by Crippen LogP contribution is 2.10. The van der Waals surface area contributed by atoms with Gasteiger partial charge in [-0.25, -0.2) is 0 Å². The van der Waals surface area contributed by atoms with Crippen molar-refractivity contribution in [2.75, 3.05) is 6.54 Å². The molecule has 0 aliphatic heterocycles. The lowest BCUT2D eigenvalue weighted by molar-refractivity contribution is -0.121. The second kappa shape index (κ2) is 7.71. The SMILES string of the molecule is CCCCC(=O)NCCCc1ccc(O)cc1. The maximum atomic E-state index is 11.3. The Morgan fingerprint density at radius 1 is 1.24 bits per heavy atom. The highest BCUT2D eigenvalue weighted by Gasteiger charge is 1.99. The number of rotatable bonds is 7. The van der Waals surface area contributed by atoms with Crippen LogP contribution in [0.2, 0.25) is 0 Å². The molecule has 3 nitrogen and oxygen atoms in total. The van der Waals surface area contributed by atoms with Gasteiger partial charge in [-0.2, -0.15) is 0 Å². The topological polar surface area (TPSA) is 49.3 Å². The summed E-state index contributed by atoms with van der Waals surface area (Å²) in [5.41, 5.74) is 1.19. The summed E-state index contributed by atoms with van der Waals surface area (Å²) >= 11 is 0. The van der Waals surface area contributed by atoms with Crippen molar-refractivity contribution >= 4 is 5.91 Å². The number of amides is 1. The molecule has 0 radical (unpaired) electrons. The first kappa shape index (κ1) is 13.6. The summed E-state index contributed by atoms with van der Waals surface area (Å²) in [4.78, 5) is 11.3. The molecule has 1 amide bonds. The predicted molar refractivity (Wildman–Crippen MR) is 69.0 cm³/mol. The van der Waals surface area contributed by atoms with Crippen molar-refractivity contribution in [1.82, 2.24) is 5.32 Å². The summed E-state index contributed by atoms with van der Waals surface area (Å²) in [6, 6.07) is 7.20. The second-order valence-electron chi connectivity index (χ2n) is 4.22. The maximum absolute atomic E-state index is 11.3. The largest absolute Gasteiger partial charge is 0.508 e. The Kier molecular flexibility index (Phi) is 6.15. The van der Waals surface area contributed by atoms with E-state index < -0.39 is 0 Å². The summed E-state index contributed by atoms with van der Waals surface area (Å²) in [6.45, 7) is 2.81. The number of hydrogen-bond acceptors (Lipinski definition) is 2. The lowest BCUT2D eigenvalue weighted by atomic mass is 10.1. The molecule has 17 heavy (non-hydrogen) atoms. The molecule has 0 fully saturated rings. The standard InChI is InChI=1S/C14H21NO2/c1-2-3-6-14(17)15-11-4-5-12-7-9-13(16)10-8-12/h7-10,16H,2-6,11H2,1H3,(H,15,17). The van der Waals surface area contributed by atoms with E-state index in [0.717, 1.165) is 32.2 Å². The van der Waals surface area contributed by atoms with Crippen LogP contribution >= 0.6 is 0 Å². The summed E-state index contributed by atoms with van der Waals surface area (Å²) < 4.78 is 0. The number of phenolic OH excluding ortho intramolecular Hbond substituents is 1. The zero-order chi connectivity index (χ0) is 12.5. The molecule has 3 heteroatoms. The van der Waals surface area contributed by atoms with Crippen LogP contribution in [0.3, 0.4) is 0 Å². The number of benzene rings is 1. The van der Waals surface area contributed by atoms with E-state index in [-0.39, 0.29) is 5.91 Å². The van der Waals surface area contributed by atoms with Crippen LogP contribution in [-0.4, -0.2) is 17.6 Å². The van der Waals surface area contributed by atoms with Crippen LogP contribution in [0.5, 0.6) is 5.75 Å². The van der Waals surface area contributed by atoms with Gasteiger partial charge in [0, 0.05) is 13.0 Å². The van der Waals surface area contributed by atoms with Crippen molar-refractivity contribution in [3.05, 3.63) is 29.8 Å². The van der Waals surface area contributed by atoms with Crippen LogP contribution in [0.15, 0.2) is 24.3 Å². The van der Waals surface area contributed by atoms with E-state index in [1.807, 2.05) is 12.1 Å². The van der Waals surface area contributed by atoms with E-state index in [4.69, 9.17) is 5.11 Å². The monoisotopic (exact) mass is 235 g/mol. The first-order valence-corrected chi connectivity index (χ1v) is 6.27. The quantitative estimate of drug-likeness (QED) is 0.714. The molecule has 0 bridgehead atoms. The molecule has 0 atom stereocenters. The number of hydrogen-bond donors (Lipinski definition) is 2. The molecule has 0 heterocycles. The molecule has 0 saturated heterocycles. The number of carbonyl (C=O) groups is 1. The minimum Gasteiger partial charge on any atom is -0.508 e. The molecule has 1 aromatic carbocycles. The Bertz CT molecular complexity index is 333. The lowest BCUT2D eigenvalue weighted by Gasteiger charge is -2.05. The van der Waals surface area contributed by atoms with Gasteiger partial charge in [0.1, 0.15) is 5.75 Å². The summed E-state index contributed by atoms with van der Waals surface area (Å²) in [6.07, 6.45) is 4.51. The van der Waals surface area contributed by atoms with Gasteiger partial charge in [0.2, 0.25) is 5.91 Å². The van der Waals surface area contributed by atoms with Crippen LogP contribution in [0.1, 0.15) is 38.2 Å². The smallest absolute Gasteiger partial charge is 0.219 e. The van der Waals surface area contributed by atoms with Crippen molar-refractivity contribution in [2.45, 2.75) is 39.0 Å². The molecule has 0 aliphatic rings. The van der Waals surface area contributed by atoms with Crippen LogP contribution < -0.4 is 5.32 Å². The van der Waals surface area contributed by atoms with Crippen molar-refractivity contribution in [2.24, 2.45) is 0 Å². The van der Waals surface area contributed by atoms with E-state index in [0.29, 0.717) is 12.2 Å². The van der Waals surface area contributed by atoms with Crippen LogP contribution in [0.25, 0.3) is 0 Å². The van der Waals surface area contributed by atoms with Gasteiger partial charge in [-0.15, -0.1) is 0 Å². The second-order valence-corrected chi connectivity index (χ2v) is 4.22. The number of nitrogens with one attached hydrogen (secondary N) is 1. The van der Waals surface area contributed by atoms with Gasteiger partial charge in [0.05, 0.1) is 0 Å². The maximum Gasteiger partial charge on any atom is 0.219 e. The van der Waals surface area contributed by atoms with Crippen LogP contribution in [0.4, 0.5) is 0 Å². The van der Waals surface area contributed by atoms with E-state index in [9.17, 15) is 4.79 Å². The predicted octanol–water partition coefficient (Wildman–Crippen LogP) is 2.63. The van der Waals surface area contributed by atoms with E-state index in [2.05, 4.69) is 12.2 Å². The molecule has 1 aromatic rings. The lowest BCUT2D eigenvalue weighted by Crippen LogP contribution is -2.24. The molecule has 1 rings (SSSR count). The third-order valence-corrected chi connectivity index (χ3v) is 2.66. The van der Waals surface area contributed by atoms with Gasteiger partial charge in [0.15, 0.2) is 0 Å². The summed E-state index contributed by atoms with van der Waals surface area (Å²) in [5, 5.41) is 12.0. The number of aryl methyl sites for hydroxylation is 1. The summed E-state index contributed by atoms with van der Waals surface area (Å²) in [5.74, 6) is 0.444. The van der Waals surface area contributed by atoms with Gasteiger partial charge in [0.25, 0.3) is 0 Å². The minimum absolute atomic E-state index is 0.151. The van der Waals surface area contributed by atoms with Crippen LogP contribution in [-0.2, 0) is 11.2 Å². The Morgan fingerprint density at radius 3 is 2.59 bits per heavy atom. The highest BCUT2D eigenvalue weighted by molar-refractivity contribution is 5.75. The molecular weight excluding hydrogens is 214 g/mol. The zero-order valence-electron chi connectivity index (χ0n) is 10.4. The third kappa shape index (κ3) is 5.95. The van der Waals surface area contributed by atoms with Crippen LogP contribution in [0, 0.1) is 0 Å². The Hall–Kier alpha value is -1.51. The number of aromatic hydroxyl groups is 1. The van der Waals surface area contributed by atoms with Gasteiger partial charge in [-0.1, -0.05) is 25.5 Å². The minimum atomic E-state index is 0.151. The number of unbranched alkanes of at least 4 members (excludes halogenated alkanes) is 1. The molecule has 0 saturated carbocycles. The molecule has 0 spiro atoms. The Balaban J connectivity index is 2.11. The zero-order valence-corrected chi connectivity index (χ0v) is 10.4. The molecule has 0 aromatic heterocycles. The Morgan fingerprint density at radius 2 is 1.94 bits per heavy atom. The van der Waals surface area contributed by atoms with E-state index in [1.165, 1.54) is 5.56 Å². The highest BCUT2D eigenvalue weighted by atomic mass is 16.3. The first-order valence-electron chi connectivity index (χ1n) is 6.27. The van der Waals surface area contributed by atoms with E-state index >= 15 is 0 Å². The van der Waals surface area contributed by atoms with E-state index in [1.54, 1.807) is 12.1 Å². The fourth-order valence-electron chi connectivity index (χ4n) is 1.61. The molecule has 94 valence electrons. The average Bonchev–Trinajstić information content (AvgIpc) is 2.34. The Labute approximate surface area is 103 Å². The molecule has 0 aliphatic carbocycles. The normalized spacial score (nSPS) is 10.2. The van der Waals surface area contributed by atoms with Crippen molar-refractivity contribution in [3.8, 4) is 5.75 Å². The van der Waals surface area contributed by atoms with Crippen molar-refractivity contribution < 1.29 is 9.90 Å².